The van der Waals surface area contributed by atoms with Crippen molar-refractivity contribution in [3.8, 4) is 0 Å². The Morgan fingerprint density at radius 3 is 2.67 bits per heavy atom. The van der Waals surface area contributed by atoms with E-state index in [2.05, 4.69) is 43.3 Å². The molecule has 0 aromatic heterocycles. The summed E-state index contributed by atoms with van der Waals surface area (Å²) in [7, 11) is 2.17. The molecule has 0 saturated heterocycles. The van der Waals surface area contributed by atoms with Gasteiger partial charge in [0.05, 0.1) is 6.04 Å². The first kappa shape index (κ1) is 16.7. The summed E-state index contributed by atoms with van der Waals surface area (Å²) in [5.41, 5.74) is 5.75. The van der Waals surface area contributed by atoms with Crippen LogP contribution in [0.25, 0.3) is 0 Å². The highest BCUT2D eigenvalue weighted by atomic mass is 19.2. The van der Waals surface area contributed by atoms with Crippen molar-refractivity contribution in [1.29, 1.82) is 0 Å². The Hall–Kier alpha value is -2.10. The minimum absolute atomic E-state index is 0.400. The Labute approximate surface area is 142 Å². The lowest BCUT2D eigenvalue weighted by Crippen LogP contribution is -2.28. The van der Waals surface area contributed by atoms with Crippen LogP contribution in [0.1, 0.15) is 39.5 Å². The van der Waals surface area contributed by atoms with E-state index in [9.17, 15) is 8.78 Å². The zero-order valence-electron chi connectivity index (χ0n) is 14.5. The van der Waals surface area contributed by atoms with Crippen LogP contribution in [0.4, 0.5) is 14.5 Å². The van der Waals surface area contributed by atoms with E-state index in [0.29, 0.717) is 11.7 Å². The van der Waals surface area contributed by atoms with Gasteiger partial charge in [-0.1, -0.05) is 26.3 Å². The maximum atomic E-state index is 13.4. The van der Waals surface area contributed by atoms with E-state index in [1.165, 1.54) is 22.9 Å². The third-order valence-electron chi connectivity index (χ3n) is 4.87. The summed E-state index contributed by atoms with van der Waals surface area (Å²) in [6.07, 6.45) is 8.46. The molecule has 1 unspecified atom stereocenters. The fourth-order valence-electron chi connectivity index (χ4n) is 3.71. The zero-order chi connectivity index (χ0) is 17.3. The molecule has 0 saturated carbocycles. The molecule has 2 aliphatic rings. The summed E-state index contributed by atoms with van der Waals surface area (Å²) < 4.78 is 26.5. The molecule has 1 heterocycles. The molecule has 1 atom stereocenters. The van der Waals surface area contributed by atoms with Crippen molar-refractivity contribution in [3.05, 3.63) is 64.5 Å². The molecule has 0 radical (unpaired) electrons. The molecule has 24 heavy (non-hydrogen) atoms. The van der Waals surface area contributed by atoms with E-state index in [1.54, 1.807) is 6.07 Å². The summed E-state index contributed by atoms with van der Waals surface area (Å²) in [6, 6.07) is 4.30. The molecule has 0 bridgehead atoms. The number of hydrogen-bond donors (Lipinski definition) is 1. The Balaban J connectivity index is 1.86. The number of fused-ring (bicyclic) bond motifs is 1. The largest absolute Gasteiger partial charge is 0.370 e. The van der Waals surface area contributed by atoms with Crippen molar-refractivity contribution in [1.82, 2.24) is 4.90 Å². The minimum Gasteiger partial charge on any atom is -0.370 e. The second kappa shape index (κ2) is 6.80. The Morgan fingerprint density at radius 2 is 2.00 bits per heavy atom. The standard InChI is InChI=1S/C20H24F2N2/c1-4-6-19-15(5-2)16-11-13(8-10-20(16)24(19)3)23-14-7-9-17(21)18(22)12-14/h7-9,11-12,20,23H,4-6,10H2,1-3H3. The van der Waals surface area contributed by atoms with Crippen molar-refractivity contribution in [3.63, 3.8) is 0 Å². The number of allylic oxidation sites excluding steroid dienone is 2. The van der Waals surface area contributed by atoms with Crippen molar-refractivity contribution >= 4 is 5.69 Å². The molecule has 128 valence electrons. The van der Waals surface area contributed by atoms with Gasteiger partial charge in [-0.15, -0.1) is 0 Å². The van der Waals surface area contributed by atoms with Crippen LogP contribution in [0.15, 0.2) is 52.9 Å². The van der Waals surface area contributed by atoms with Gasteiger partial charge >= 0.3 is 0 Å². The van der Waals surface area contributed by atoms with Gasteiger partial charge in [0.25, 0.3) is 0 Å². The summed E-state index contributed by atoms with van der Waals surface area (Å²) in [5, 5.41) is 3.20. The summed E-state index contributed by atoms with van der Waals surface area (Å²) >= 11 is 0. The molecule has 1 aromatic carbocycles. The van der Waals surface area contributed by atoms with Crippen molar-refractivity contribution in [2.45, 2.75) is 45.6 Å². The third-order valence-corrected chi connectivity index (χ3v) is 4.87. The topological polar surface area (TPSA) is 15.3 Å². The van der Waals surface area contributed by atoms with Crippen LogP contribution in [0.2, 0.25) is 0 Å². The molecule has 1 aromatic rings. The number of likely N-dealkylation sites (N-methyl/N-ethyl adjacent to an activating group) is 1. The first-order valence-electron chi connectivity index (χ1n) is 8.64. The lowest BCUT2D eigenvalue weighted by molar-refractivity contribution is 0.352. The average Bonchev–Trinajstić information content (AvgIpc) is 2.83. The Kier molecular flexibility index (Phi) is 4.74. The fourth-order valence-corrected chi connectivity index (χ4v) is 3.71. The van der Waals surface area contributed by atoms with Gasteiger partial charge in [-0.2, -0.15) is 0 Å². The molecule has 1 aliphatic carbocycles. The monoisotopic (exact) mass is 330 g/mol. The van der Waals surface area contributed by atoms with Crippen molar-refractivity contribution < 1.29 is 8.78 Å². The highest BCUT2D eigenvalue weighted by Gasteiger charge is 2.33. The lowest BCUT2D eigenvalue weighted by atomic mass is 9.92. The van der Waals surface area contributed by atoms with E-state index in [1.807, 2.05) is 0 Å². The van der Waals surface area contributed by atoms with Gasteiger partial charge in [0.2, 0.25) is 0 Å². The van der Waals surface area contributed by atoms with Gasteiger partial charge in [0, 0.05) is 30.2 Å². The SMILES string of the molecule is CCCC1=C(CC)C2=CC(Nc3ccc(F)c(F)c3)=CCC2N1C. The predicted octanol–water partition coefficient (Wildman–Crippen LogP) is 5.37. The molecular formula is C20H24F2N2. The van der Waals surface area contributed by atoms with Gasteiger partial charge in [-0.05, 0) is 48.6 Å². The first-order valence-corrected chi connectivity index (χ1v) is 8.64. The number of anilines is 1. The molecule has 2 nitrogen and oxygen atoms in total. The molecule has 3 rings (SSSR count). The van der Waals surface area contributed by atoms with E-state index in [0.717, 1.165) is 37.4 Å². The second-order valence-corrected chi connectivity index (χ2v) is 6.40. The summed E-state index contributed by atoms with van der Waals surface area (Å²) in [6.45, 7) is 4.40. The maximum absolute atomic E-state index is 13.4. The van der Waals surface area contributed by atoms with Crippen LogP contribution in [0.3, 0.4) is 0 Å². The van der Waals surface area contributed by atoms with Gasteiger partial charge in [0.1, 0.15) is 0 Å². The normalized spacial score (nSPS) is 20.0. The number of nitrogens with one attached hydrogen (secondary N) is 1. The Bertz CT molecular complexity index is 731. The molecule has 0 spiro atoms. The van der Waals surface area contributed by atoms with E-state index >= 15 is 0 Å². The van der Waals surface area contributed by atoms with Crippen molar-refractivity contribution in [2.24, 2.45) is 0 Å². The number of hydrogen-bond acceptors (Lipinski definition) is 2. The van der Waals surface area contributed by atoms with Crippen LogP contribution in [-0.4, -0.2) is 18.0 Å². The molecule has 1 N–H and O–H groups in total. The highest BCUT2D eigenvalue weighted by Crippen LogP contribution is 2.40. The number of halogens is 2. The van der Waals surface area contributed by atoms with Gasteiger partial charge in [-0.3, -0.25) is 0 Å². The van der Waals surface area contributed by atoms with Crippen LogP contribution < -0.4 is 5.32 Å². The van der Waals surface area contributed by atoms with E-state index in [-0.39, 0.29) is 0 Å². The average molecular weight is 330 g/mol. The van der Waals surface area contributed by atoms with Gasteiger partial charge in [-0.25, -0.2) is 8.78 Å². The van der Waals surface area contributed by atoms with E-state index < -0.39 is 11.6 Å². The first-order chi connectivity index (χ1) is 11.5. The Morgan fingerprint density at radius 1 is 1.21 bits per heavy atom. The quantitative estimate of drug-likeness (QED) is 0.781. The summed E-state index contributed by atoms with van der Waals surface area (Å²) in [4.78, 5) is 2.40. The molecule has 0 amide bonds. The third kappa shape index (κ3) is 2.97. The number of nitrogens with zero attached hydrogens (tertiary/aromatic N) is 1. The van der Waals surface area contributed by atoms with Crippen LogP contribution in [0, 0.1) is 11.6 Å². The van der Waals surface area contributed by atoms with E-state index in [4.69, 9.17) is 0 Å². The predicted molar refractivity (Wildman–Crippen MR) is 94.5 cm³/mol. The minimum atomic E-state index is -0.832. The smallest absolute Gasteiger partial charge is 0.160 e. The van der Waals surface area contributed by atoms with Gasteiger partial charge in [0.15, 0.2) is 11.6 Å². The highest BCUT2D eigenvalue weighted by molar-refractivity contribution is 5.57. The molecule has 4 heteroatoms. The lowest BCUT2D eigenvalue weighted by Gasteiger charge is -2.27. The molecule has 0 fully saturated rings. The van der Waals surface area contributed by atoms with Crippen LogP contribution >= 0.6 is 0 Å². The molecule has 1 aliphatic heterocycles. The number of benzene rings is 1. The van der Waals surface area contributed by atoms with Crippen LogP contribution in [-0.2, 0) is 0 Å². The maximum Gasteiger partial charge on any atom is 0.160 e. The second-order valence-electron chi connectivity index (χ2n) is 6.40. The number of rotatable bonds is 5. The summed E-state index contributed by atoms with van der Waals surface area (Å²) in [5.74, 6) is -1.66. The van der Waals surface area contributed by atoms with Crippen LogP contribution in [0.5, 0.6) is 0 Å². The van der Waals surface area contributed by atoms with Crippen molar-refractivity contribution in [2.75, 3.05) is 12.4 Å². The van der Waals surface area contributed by atoms with Gasteiger partial charge < -0.3 is 10.2 Å². The zero-order valence-corrected chi connectivity index (χ0v) is 14.5. The fraction of sp³-hybridized carbons (Fsp3) is 0.400. The molecular weight excluding hydrogens is 306 g/mol.